The molecule has 1 heterocycles. The predicted octanol–water partition coefficient (Wildman–Crippen LogP) is 3.84. The van der Waals surface area contributed by atoms with Crippen LogP contribution in [0.25, 0.3) is 0 Å². The summed E-state index contributed by atoms with van der Waals surface area (Å²) in [6, 6.07) is 0. The number of allylic oxidation sites excluding steroid dienone is 1. The lowest BCUT2D eigenvalue weighted by molar-refractivity contribution is 0.0533. The number of hydrogen-bond acceptors (Lipinski definition) is 7. The Labute approximate surface area is 174 Å². The molecule has 0 radical (unpaired) electrons. The molecule has 7 nitrogen and oxygen atoms in total. The molecule has 8 heteroatoms. The second-order valence-electron chi connectivity index (χ2n) is 6.74. The third kappa shape index (κ3) is 5.92. The van der Waals surface area contributed by atoms with Crippen LogP contribution in [0.3, 0.4) is 0 Å². The number of cyclic esters (lactones) is 1. The summed E-state index contributed by atoms with van der Waals surface area (Å²) in [4.78, 5) is 12.0. The maximum atomic E-state index is 12.0. The van der Waals surface area contributed by atoms with E-state index in [2.05, 4.69) is 5.32 Å². The Balaban J connectivity index is 1.99. The summed E-state index contributed by atoms with van der Waals surface area (Å²) < 4.78 is 21.8. The highest BCUT2D eigenvalue weighted by Gasteiger charge is 2.31. The van der Waals surface area contributed by atoms with Gasteiger partial charge < -0.3 is 28.9 Å². The Morgan fingerprint density at radius 3 is 2.62 bits per heavy atom. The molecule has 2 rings (SSSR count). The zero-order valence-corrected chi connectivity index (χ0v) is 18.9. The first-order valence-electron chi connectivity index (χ1n) is 9.92. The number of esters is 1. The van der Waals surface area contributed by atoms with E-state index in [1.807, 2.05) is 33.8 Å². The summed E-state index contributed by atoms with van der Waals surface area (Å²) in [5.41, 5.74) is 3.55. The van der Waals surface area contributed by atoms with Crippen molar-refractivity contribution in [1.82, 2.24) is 5.32 Å². The number of hydrogen-bond donors (Lipinski definition) is 2. The molecule has 0 bridgehead atoms. The molecule has 0 unspecified atom stereocenters. The molecule has 0 saturated heterocycles. The maximum Gasteiger partial charge on any atom is 0.342 e. The summed E-state index contributed by atoms with van der Waals surface area (Å²) in [6.45, 7) is 10.9. The zero-order chi connectivity index (χ0) is 21.4. The van der Waals surface area contributed by atoms with E-state index in [0.717, 1.165) is 30.4 Å². The molecule has 0 amide bonds. The van der Waals surface area contributed by atoms with Gasteiger partial charge in [0.05, 0.1) is 20.3 Å². The predicted molar refractivity (Wildman–Crippen MR) is 114 cm³/mol. The fourth-order valence-corrected chi connectivity index (χ4v) is 4.54. The van der Waals surface area contributed by atoms with Gasteiger partial charge in [-0.2, -0.15) is 0 Å². The number of methoxy groups -OCH3 is 1. The van der Waals surface area contributed by atoms with Gasteiger partial charge in [-0.25, -0.2) is 4.79 Å². The van der Waals surface area contributed by atoms with E-state index in [1.165, 1.54) is 0 Å². The van der Waals surface area contributed by atoms with Crippen molar-refractivity contribution in [1.29, 1.82) is 0 Å². The molecule has 0 aromatic heterocycles. The highest BCUT2D eigenvalue weighted by Crippen LogP contribution is 2.42. The SMILES string of the molecule is CCOP(CCNC/C(C)=C/Cc1c(O)c2c(c(C)c1OC)COC2=O)OCC. The van der Waals surface area contributed by atoms with Gasteiger partial charge in [0.2, 0.25) is 0 Å². The third-order valence-electron chi connectivity index (χ3n) is 4.72. The molecule has 1 aromatic rings. The fraction of sp³-hybridized carbons (Fsp3) is 0.571. The van der Waals surface area contributed by atoms with E-state index in [0.29, 0.717) is 36.5 Å². The monoisotopic (exact) mass is 425 g/mol. The summed E-state index contributed by atoms with van der Waals surface area (Å²) >= 11 is 0. The number of ether oxygens (including phenoxy) is 2. The standard InChI is InChI=1S/C21H32NO6P/c1-6-27-29(28-7-2)11-10-22-12-14(3)8-9-16-19(23)18-17(13-26-21(18)24)15(4)20(16)25-5/h8,22-23H,6-7,9-13H2,1-5H3/b14-8+. The molecule has 0 spiro atoms. The van der Waals surface area contributed by atoms with Gasteiger partial charge in [0, 0.05) is 30.4 Å². The molecule has 0 atom stereocenters. The van der Waals surface area contributed by atoms with Crippen LogP contribution in [0.5, 0.6) is 11.5 Å². The Kier molecular flexibility index (Phi) is 9.37. The summed E-state index contributed by atoms with van der Waals surface area (Å²) in [5.74, 6) is 0.0867. The van der Waals surface area contributed by atoms with Crippen molar-refractivity contribution in [3.8, 4) is 11.5 Å². The van der Waals surface area contributed by atoms with Gasteiger partial charge in [-0.1, -0.05) is 11.6 Å². The molecule has 29 heavy (non-hydrogen) atoms. The van der Waals surface area contributed by atoms with Gasteiger partial charge in [0.25, 0.3) is 0 Å². The van der Waals surface area contributed by atoms with Gasteiger partial charge in [0.15, 0.2) is 8.38 Å². The van der Waals surface area contributed by atoms with Crippen molar-refractivity contribution in [3.63, 3.8) is 0 Å². The van der Waals surface area contributed by atoms with Crippen LogP contribution in [-0.2, 0) is 26.8 Å². The van der Waals surface area contributed by atoms with Crippen molar-refractivity contribution in [3.05, 3.63) is 33.9 Å². The van der Waals surface area contributed by atoms with Crippen molar-refractivity contribution < 1.29 is 28.4 Å². The first kappa shape index (κ1) is 23.6. The highest BCUT2D eigenvalue weighted by atomic mass is 31.2. The molecule has 0 fully saturated rings. The van der Waals surface area contributed by atoms with Crippen molar-refractivity contribution in [2.24, 2.45) is 0 Å². The molecule has 1 aromatic carbocycles. The van der Waals surface area contributed by atoms with Crippen LogP contribution in [-0.4, -0.2) is 50.7 Å². The van der Waals surface area contributed by atoms with Crippen molar-refractivity contribution >= 4 is 14.3 Å². The number of phenols is 1. The molecule has 2 N–H and O–H groups in total. The number of fused-ring (bicyclic) bond motifs is 1. The van der Waals surface area contributed by atoms with E-state index in [9.17, 15) is 9.90 Å². The molecular weight excluding hydrogens is 393 g/mol. The second-order valence-corrected chi connectivity index (χ2v) is 8.37. The normalized spacial score (nSPS) is 13.7. The first-order valence-corrected chi connectivity index (χ1v) is 11.3. The number of nitrogens with one attached hydrogen (secondary N) is 1. The largest absolute Gasteiger partial charge is 0.507 e. The van der Waals surface area contributed by atoms with Crippen LogP contribution in [0.15, 0.2) is 11.6 Å². The lowest BCUT2D eigenvalue weighted by Crippen LogP contribution is -2.20. The molecular formula is C21H32NO6P. The minimum atomic E-state index is -0.833. The van der Waals surface area contributed by atoms with Gasteiger partial charge in [-0.3, -0.25) is 0 Å². The Bertz CT molecular complexity index is 743. The zero-order valence-electron chi connectivity index (χ0n) is 18.0. The quantitative estimate of drug-likeness (QED) is 0.228. The van der Waals surface area contributed by atoms with Crippen LogP contribution >= 0.6 is 8.38 Å². The number of carbonyl (C=O) groups is 1. The van der Waals surface area contributed by atoms with Crippen LogP contribution in [0.4, 0.5) is 0 Å². The molecule has 1 aliphatic rings. The molecule has 0 aliphatic carbocycles. The number of phenolic OH excluding ortho intramolecular Hbond substituents is 1. The van der Waals surface area contributed by atoms with E-state index in [-0.39, 0.29) is 17.9 Å². The second kappa shape index (κ2) is 11.5. The Morgan fingerprint density at radius 1 is 1.31 bits per heavy atom. The van der Waals surface area contributed by atoms with Crippen molar-refractivity contribution in [2.45, 2.75) is 40.7 Å². The number of aromatic hydroxyl groups is 1. The molecule has 1 aliphatic heterocycles. The van der Waals surface area contributed by atoms with Gasteiger partial charge >= 0.3 is 5.97 Å². The smallest absolute Gasteiger partial charge is 0.342 e. The topological polar surface area (TPSA) is 86.3 Å². The van der Waals surface area contributed by atoms with Crippen LogP contribution < -0.4 is 10.1 Å². The van der Waals surface area contributed by atoms with Gasteiger partial charge in [-0.15, -0.1) is 0 Å². The van der Waals surface area contributed by atoms with Crippen LogP contribution in [0.2, 0.25) is 0 Å². The first-order chi connectivity index (χ1) is 13.9. The molecule has 162 valence electrons. The Hall–Kier alpha value is -1.66. The van der Waals surface area contributed by atoms with Crippen LogP contribution in [0, 0.1) is 6.92 Å². The fourth-order valence-electron chi connectivity index (χ4n) is 3.29. The average molecular weight is 425 g/mol. The number of rotatable bonds is 12. The number of carbonyl (C=O) groups excluding carboxylic acids is 1. The highest BCUT2D eigenvalue weighted by molar-refractivity contribution is 7.47. The summed E-state index contributed by atoms with van der Waals surface area (Å²) in [7, 11) is 0.739. The number of benzene rings is 1. The Morgan fingerprint density at radius 2 is 2.00 bits per heavy atom. The van der Waals surface area contributed by atoms with Gasteiger partial charge in [0.1, 0.15) is 23.7 Å². The minimum Gasteiger partial charge on any atom is -0.507 e. The van der Waals surface area contributed by atoms with E-state index in [4.69, 9.17) is 18.5 Å². The average Bonchev–Trinajstić information content (AvgIpc) is 3.09. The van der Waals surface area contributed by atoms with E-state index in [1.54, 1.807) is 7.11 Å². The van der Waals surface area contributed by atoms with Gasteiger partial charge in [-0.05, 0) is 39.7 Å². The third-order valence-corrected chi connectivity index (χ3v) is 6.40. The molecule has 0 saturated carbocycles. The lowest BCUT2D eigenvalue weighted by Gasteiger charge is -2.16. The van der Waals surface area contributed by atoms with E-state index >= 15 is 0 Å². The van der Waals surface area contributed by atoms with Crippen molar-refractivity contribution in [2.75, 3.05) is 39.6 Å². The minimum absolute atomic E-state index is 0.0407. The lowest BCUT2D eigenvalue weighted by atomic mass is 9.95. The van der Waals surface area contributed by atoms with Crippen LogP contribution in [0.1, 0.15) is 47.8 Å². The summed E-state index contributed by atoms with van der Waals surface area (Å²) in [5, 5.41) is 14.0. The maximum absolute atomic E-state index is 12.0. The van der Waals surface area contributed by atoms with E-state index < -0.39 is 14.3 Å². The summed E-state index contributed by atoms with van der Waals surface area (Å²) in [6.07, 6.45) is 3.34.